The number of nitrogens with zero attached hydrogens (tertiary/aromatic N) is 3. The van der Waals surface area contributed by atoms with Gasteiger partial charge in [-0.25, -0.2) is 0 Å². The number of likely N-dealkylation sites (N-methyl/N-ethyl adjacent to an activating group) is 1. The molecule has 1 atom stereocenters. The molecule has 4 N–H and O–H groups in total. The van der Waals surface area contributed by atoms with Gasteiger partial charge in [-0.2, -0.15) is 0 Å². The first kappa shape index (κ1) is 29.4. The summed E-state index contributed by atoms with van der Waals surface area (Å²) in [6.07, 6.45) is 2.26. The van der Waals surface area contributed by atoms with Crippen molar-refractivity contribution in [1.29, 1.82) is 0 Å². The van der Waals surface area contributed by atoms with E-state index in [-0.39, 0.29) is 25.0 Å². The van der Waals surface area contributed by atoms with Crippen molar-refractivity contribution in [2.75, 3.05) is 44.7 Å². The van der Waals surface area contributed by atoms with Crippen LogP contribution in [0.15, 0.2) is 66.7 Å². The Labute approximate surface area is 244 Å². The van der Waals surface area contributed by atoms with Gasteiger partial charge >= 0.3 is 0 Å². The third kappa shape index (κ3) is 7.33. The molecule has 10 heteroatoms. The van der Waals surface area contributed by atoms with Gasteiger partial charge in [0.25, 0.3) is 0 Å². The predicted octanol–water partition coefficient (Wildman–Crippen LogP) is 4.35. The minimum absolute atomic E-state index is 0.0636. The van der Waals surface area contributed by atoms with E-state index in [1.807, 2.05) is 30.3 Å². The van der Waals surface area contributed by atoms with Gasteiger partial charge in [0, 0.05) is 24.8 Å². The van der Waals surface area contributed by atoms with Crippen molar-refractivity contribution in [3.05, 3.63) is 87.9 Å². The van der Waals surface area contributed by atoms with E-state index in [0.29, 0.717) is 27.8 Å². The van der Waals surface area contributed by atoms with Crippen LogP contribution in [0, 0.1) is 0 Å². The van der Waals surface area contributed by atoms with Crippen LogP contribution in [0.2, 0.25) is 10.0 Å². The Morgan fingerprint density at radius 3 is 2.20 bits per heavy atom. The summed E-state index contributed by atoms with van der Waals surface area (Å²) in [5, 5.41) is 0.700. The smallest absolute Gasteiger partial charge is 0.248 e. The van der Waals surface area contributed by atoms with Crippen molar-refractivity contribution in [2.24, 2.45) is 11.5 Å². The normalized spacial score (nSPS) is 14.1. The molecule has 0 bridgehead atoms. The predicted molar refractivity (Wildman–Crippen MR) is 159 cm³/mol. The van der Waals surface area contributed by atoms with Crippen molar-refractivity contribution in [2.45, 2.75) is 18.9 Å². The number of likely N-dealkylation sites (tertiary alicyclic amines) is 1. The molecule has 0 saturated carbocycles. The highest BCUT2D eigenvalue weighted by Gasteiger charge is 2.27. The maximum Gasteiger partial charge on any atom is 0.248 e. The lowest BCUT2D eigenvalue weighted by Gasteiger charge is -2.34. The summed E-state index contributed by atoms with van der Waals surface area (Å²) >= 11 is 12.3. The molecule has 40 heavy (non-hydrogen) atoms. The van der Waals surface area contributed by atoms with Gasteiger partial charge in [-0.15, -0.1) is 0 Å². The Bertz CT molecular complexity index is 1380. The standard InChI is InChI=1S/C30H33Cl2N5O3/c1-35(29(39)19-37(18-28(33)38)24-11-12-25(31)26(32)16-24)27(17-36-13-2-3-14-36)21-9-7-20(8-10-21)22-5-4-6-23(15-22)30(34)40/h4-12,15-16,27H,2-3,13-14,17-19H2,1H3,(H2,33,38)(H2,34,40). The lowest BCUT2D eigenvalue weighted by atomic mass is 9.98. The first-order chi connectivity index (χ1) is 19.1. The van der Waals surface area contributed by atoms with Gasteiger partial charge in [-0.3, -0.25) is 14.4 Å². The quantitative estimate of drug-likeness (QED) is 0.349. The second-order valence-electron chi connectivity index (χ2n) is 10.0. The molecule has 3 aromatic rings. The molecule has 0 spiro atoms. The second-order valence-corrected chi connectivity index (χ2v) is 10.8. The third-order valence-corrected chi connectivity index (χ3v) is 7.95. The van der Waals surface area contributed by atoms with E-state index in [1.165, 1.54) is 0 Å². The maximum atomic E-state index is 13.6. The number of nitrogens with two attached hydrogens (primary N) is 2. The zero-order valence-corrected chi connectivity index (χ0v) is 23.9. The van der Waals surface area contributed by atoms with Gasteiger partial charge in [-0.1, -0.05) is 59.6 Å². The fourth-order valence-electron chi connectivity index (χ4n) is 4.97. The molecule has 1 heterocycles. The number of anilines is 1. The lowest BCUT2D eigenvalue weighted by molar-refractivity contribution is -0.131. The van der Waals surface area contributed by atoms with Crippen LogP contribution in [0.4, 0.5) is 5.69 Å². The Kier molecular flexibility index (Phi) is 9.68. The van der Waals surface area contributed by atoms with E-state index in [9.17, 15) is 14.4 Å². The van der Waals surface area contributed by atoms with Crippen molar-refractivity contribution in [3.8, 4) is 11.1 Å². The Morgan fingerprint density at radius 2 is 1.57 bits per heavy atom. The maximum absolute atomic E-state index is 13.6. The van der Waals surface area contributed by atoms with E-state index in [0.717, 1.165) is 42.6 Å². The Balaban J connectivity index is 1.58. The summed E-state index contributed by atoms with van der Waals surface area (Å²) in [4.78, 5) is 42.8. The summed E-state index contributed by atoms with van der Waals surface area (Å²) in [7, 11) is 1.78. The van der Waals surface area contributed by atoms with Crippen LogP contribution >= 0.6 is 23.2 Å². The minimum Gasteiger partial charge on any atom is -0.368 e. The lowest BCUT2D eigenvalue weighted by Crippen LogP contribution is -2.45. The number of halogens is 2. The monoisotopic (exact) mass is 581 g/mol. The molecule has 1 aliphatic rings. The minimum atomic E-state index is -0.564. The van der Waals surface area contributed by atoms with Crippen LogP contribution < -0.4 is 16.4 Å². The molecule has 0 aliphatic carbocycles. The number of hydrogen-bond donors (Lipinski definition) is 2. The van der Waals surface area contributed by atoms with Gasteiger partial charge in [0.1, 0.15) is 0 Å². The summed E-state index contributed by atoms with van der Waals surface area (Å²) < 4.78 is 0. The van der Waals surface area contributed by atoms with E-state index in [1.54, 1.807) is 53.2 Å². The van der Waals surface area contributed by atoms with Crippen LogP contribution in [0.1, 0.15) is 34.8 Å². The van der Waals surface area contributed by atoms with Gasteiger partial charge in [-0.05, 0) is 73.0 Å². The highest BCUT2D eigenvalue weighted by Crippen LogP contribution is 2.29. The summed E-state index contributed by atoms with van der Waals surface area (Å²) in [6.45, 7) is 2.43. The summed E-state index contributed by atoms with van der Waals surface area (Å²) in [5.41, 5.74) is 14.8. The fraction of sp³-hybridized carbons (Fsp3) is 0.300. The van der Waals surface area contributed by atoms with Crippen LogP contribution in [0.3, 0.4) is 0 Å². The number of benzene rings is 3. The Morgan fingerprint density at radius 1 is 0.875 bits per heavy atom. The number of primary amides is 2. The molecule has 0 radical (unpaired) electrons. The summed E-state index contributed by atoms with van der Waals surface area (Å²) in [5.74, 6) is -1.21. The Hall–Kier alpha value is -3.59. The van der Waals surface area contributed by atoms with Crippen LogP contribution in [-0.4, -0.2) is 67.3 Å². The van der Waals surface area contributed by atoms with E-state index in [4.69, 9.17) is 34.7 Å². The first-order valence-electron chi connectivity index (χ1n) is 13.1. The molecule has 0 aromatic heterocycles. The van der Waals surface area contributed by atoms with Crippen molar-refractivity contribution < 1.29 is 14.4 Å². The first-order valence-corrected chi connectivity index (χ1v) is 13.8. The molecule has 1 aliphatic heterocycles. The number of hydrogen-bond acceptors (Lipinski definition) is 5. The SMILES string of the molecule is CN(C(=O)CN(CC(N)=O)c1ccc(Cl)c(Cl)c1)C(CN1CCCC1)c1ccc(-c2cccc(C(N)=O)c2)cc1. The van der Waals surface area contributed by atoms with Crippen molar-refractivity contribution in [3.63, 3.8) is 0 Å². The number of carbonyl (C=O) groups excluding carboxylic acids is 3. The highest BCUT2D eigenvalue weighted by atomic mass is 35.5. The molecule has 1 unspecified atom stereocenters. The average Bonchev–Trinajstić information content (AvgIpc) is 3.46. The second kappa shape index (κ2) is 13.2. The molecule has 3 amide bonds. The molecule has 1 saturated heterocycles. The number of rotatable bonds is 11. The highest BCUT2D eigenvalue weighted by molar-refractivity contribution is 6.42. The third-order valence-electron chi connectivity index (χ3n) is 7.21. The molecule has 8 nitrogen and oxygen atoms in total. The van der Waals surface area contributed by atoms with Crippen LogP contribution in [-0.2, 0) is 9.59 Å². The molecule has 210 valence electrons. The zero-order chi connectivity index (χ0) is 28.8. The van der Waals surface area contributed by atoms with E-state index in [2.05, 4.69) is 4.90 Å². The molecule has 1 fully saturated rings. The van der Waals surface area contributed by atoms with Gasteiger partial charge in [0.2, 0.25) is 17.7 Å². The number of amides is 3. The summed E-state index contributed by atoms with van der Waals surface area (Å²) in [6, 6.07) is 19.9. The van der Waals surface area contributed by atoms with Crippen molar-refractivity contribution >= 4 is 46.6 Å². The van der Waals surface area contributed by atoms with Gasteiger partial charge in [0.05, 0.1) is 29.2 Å². The topological polar surface area (TPSA) is 113 Å². The van der Waals surface area contributed by atoms with E-state index < -0.39 is 11.8 Å². The van der Waals surface area contributed by atoms with Gasteiger partial charge in [0.15, 0.2) is 0 Å². The van der Waals surface area contributed by atoms with E-state index >= 15 is 0 Å². The molecular weight excluding hydrogens is 549 g/mol. The average molecular weight is 583 g/mol. The van der Waals surface area contributed by atoms with Gasteiger partial charge < -0.3 is 26.2 Å². The van der Waals surface area contributed by atoms with Crippen LogP contribution in [0.5, 0.6) is 0 Å². The molecule has 3 aromatic carbocycles. The fourth-order valence-corrected chi connectivity index (χ4v) is 5.26. The molecule has 4 rings (SSSR count). The zero-order valence-electron chi connectivity index (χ0n) is 22.4. The largest absolute Gasteiger partial charge is 0.368 e. The van der Waals surface area contributed by atoms with Crippen molar-refractivity contribution in [1.82, 2.24) is 9.80 Å². The molecular formula is C30H33Cl2N5O3. The number of carbonyl (C=O) groups is 3. The van der Waals surface area contributed by atoms with Crippen LogP contribution in [0.25, 0.3) is 11.1 Å².